The Bertz CT molecular complexity index is 1070. The van der Waals surface area contributed by atoms with Crippen LogP contribution < -0.4 is 5.56 Å². The SMILES string of the molecule is CSc1cc2ncn(CC3(O)CCN(C(=O)OC(C)(C)C)CC34CCCC4)c(=O)c2cn1. The van der Waals surface area contributed by atoms with Crippen LogP contribution in [0.5, 0.6) is 0 Å². The van der Waals surface area contributed by atoms with E-state index in [1.54, 1.807) is 17.2 Å². The van der Waals surface area contributed by atoms with Crippen molar-refractivity contribution in [2.45, 2.75) is 75.6 Å². The molecule has 1 saturated heterocycles. The van der Waals surface area contributed by atoms with Crippen molar-refractivity contribution < 1.29 is 14.6 Å². The highest BCUT2D eigenvalue weighted by Gasteiger charge is 2.56. The Morgan fingerprint density at radius 2 is 1.97 bits per heavy atom. The fourth-order valence-corrected chi connectivity index (χ4v) is 5.51. The van der Waals surface area contributed by atoms with E-state index in [1.807, 2.05) is 27.0 Å². The highest BCUT2D eigenvalue weighted by Crippen LogP contribution is 2.51. The number of thioether (sulfide) groups is 1. The van der Waals surface area contributed by atoms with E-state index in [9.17, 15) is 14.7 Å². The van der Waals surface area contributed by atoms with Crippen LogP contribution in [0.4, 0.5) is 4.79 Å². The minimum Gasteiger partial charge on any atom is -0.444 e. The summed E-state index contributed by atoms with van der Waals surface area (Å²) in [7, 11) is 0. The summed E-state index contributed by atoms with van der Waals surface area (Å²) >= 11 is 1.50. The number of piperidine rings is 1. The maximum atomic E-state index is 13.2. The summed E-state index contributed by atoms with van der Waals surface area (Å²) in [5.74, 6) is 0. The number of rotatable bonds is 3. The first-order valence-electron chi connectivity index (χ1n) is 11.2. The third-order valence-electron chi connectivity index (χ3n) is 6.81. The van der Waals surface area contributed by atoms with Gasteiger partial charge in [-0.15, -0.1) is 11.8 Å². The minimum absolute atomic E-state index is 0.154. The van der Waals surface area contributed by atoms with E-state index < -0.39 is 16.6 Å². The number of aliphatic hydroxyl groups is 1. The van der Waals surface area contributed by atoms with E-state index in [1.165, 1.54) is 22.7 Å². The van der Waals surface area contributed by atoms with Gasteiger partial charge in [0, 0.05) is 24.7 Å². The van der Waals surface area contributed by atoms with Crippen molar-refractivity contribution in [2.24, 2.45) is 5.41 Å². The number of likely N-dealkylation sites (tertiary alicyclic amines) is 1. The number of amides is 1. The lowest BCUT2D eigenvalue weighted by Crippen LogP contribution is -2.62. The van der Waals surface area contributed by atoms with Crippen molar-refractivity contribution in [3.63, 3.8) is 0 Å². The largest absolute Gasteiger partial charge is 0.444 e. The molecule has 2 aliphatic rings. The molecule has 1 N–H and O–H groups in total. The lowest BCUT2D eigenvalue weighted by Gasteiger charge is -2.52. The molecule has 0 aromatic carbocycles. The van der Waals surface area contributed by atoms with E-state index in [4.69, 9.17) is 4.74 Å². The molecule has 3 heterocycles. The third-order valence-corrected chi connectivity index (χ3v) is 7.46. The lowest BCUT2D eigenvalue weighted by molar-refractivity contribution is -0.140. The predicted molar refractivity (Wildman–Crippen MR) is 124 cm³/mol. The average molecular weight is 461 g/mol. The molecule has 2 aromatic rings. The van der Waals surface area contributed by atoms with Crippen LogP contribution in [-0.2, 0) is 11.3 Å². The molecule has 0 bridgehead atoms. The molecule has 2 fully saturated rings. The molecule has 1 unspecified atom stereocenters. The van der Waals surface area contributed by atoms with Crippen molar-refractivity contribution in [3.05, 3.63) is 28.9 Å². The Kier molecular flexibility index (Phi) is 6.00. The smallest absolute Gasteiger partial charge is 0.410 e. The van der Waals surface area contributed by atoms with Crippen LogP contribution in [-0.4, -0.2) is 61.2 Å². The molecular formula is C23H32N4O4S. The van der Waals surface area contributed by atoms with Gasteiger partial charge in [0.15, 0.2) is 0 Å². The van der Waals surface area contributed by atoms with E-state index in [-0.39, 0.29) is 18.2 Å². The molecule has 1 atom stereocenters. The Hall–Kier alpha value is -2.13. The fraction of sp³-hybridized carbons (Fsp3) is 0.652. The molecule has 174 valence electrons. The molecule has 0 radical (unpaired) electrons. The normalized spacial score (nSPS) is 23.1. The number of pyridine rings is 1. The van der Waals surface area contributed by atoms with Gasteiger partial charge in [-0.1, -0.05) is 12.8 Å². The van der Waals surface area contributed by atoms with Crippen molar-refractivity contribution in [2.75, 3.05) is 19.3 Å². The second-order valence-corrected chi connectivity index (χ2v) is 10.9. The summed E-state index contributed by atoms with van der Waals surface area (Å²) in [6, 6.07) is 1.80. The molecule has 1 aliphatic carbocycles. The molecule has 32 heavy (non-hydrogen) atoms. The minimum atomic E-state index is -1.10. The zero-order valence-corrected chi connectivity index (χ0v) is 20.1. The lowest BCUT2D eigenvalue weighted by atomic mass is 9.66. The van der Waals surface area contributed by atoms with E-state index in [0.29, 0.717) is 30.4 Å². The Labute approximate surface area is 192 Å². The van der Waals surface area contributed by atoms with Gasteiger partial charge in [0.05, 0.1) is 34.4 Å². The quantitative estimate of drug-likeness (QED) is 0.701. The summed E-state index contributed by atoms with van der Waals surface area (Å²) in [5, 5.41) is 13.2. The average Bonchev–Trinajstić information content (AvgIpc) is 3.21. The first-order valence-corrected chi connectivity index (χ1v) is 12.4. The molecule has 4 rings (SSSR count). The van der Waals surface area contributed by atoms with Crippen molar-refractivity contribution >= 4 is 28.8 Å². The second kappa shape index (κ2) is 8.33. The van der Waals surface area contributed by atoms with E-state index in [0.717, 1.165) is 30.7 Å². The molecular weight excluding hydrogens is 428 g/mol. The van der Waals surface area contributed by atoms with Crippen molar-refractivity contribution in [1.82, 2.24) is 19.4 Å². The van der Waals surface area contributed by atoms with Crippen molar-refractivity contribution in [3.8, 4) is 0 Å². The standard InChI is InChI=1S/C23H32N4O4S/c1-21(2,3)31-20(29)26-10-9-23(30,22(13-26)7-5-6-8-22)14-27-15-25-17-11-18(32-4)24-12-16(17)19(27)28/h11-12,15,30H,5-10,13-14H2,1-4H3. The number of nitrogens with zero attached hydrogens (tertiary/aromatic N) is 4. The van der Waals surface area contributed by atoms with Crippen LogP contribution in [0.2, 0.25) is 0 Å². The zero-order valence-electron chi connectivity index (χ0n) is 19.3. The fourth-order valence-electron chi connectivity index (χ4n) is 5.12. The molecule has 1 amide bonds. The maximum Gasteiger partial charge on any atom is 0.410 e. The number of hydrogen-bond donors (Lipinski definition) is 1. The van der Waals surface area contributed by atoms with Gasteiger partial charge < -0.3 is 14.7 Å². The highest BCUT2D eigenvalue weighted by atomic mass is 32.2. The summed E-state index contributed by atoms with van der Waals surface area (Å²) in [4.78, 5) is 36.4. The molecule has 8 nitrogen and oxygen atoms in total. The first-order chi connectivity index (χ1) is 15.1. The molecule has 2 aromatic heterocycles. The van der Waals surface area contributed by atoms with Gasteiger partial charge in [0.2, 0.25) is 0 Å². The van der Waals surface area contributed by atoms with Gasteiger partial charge in [0.1, 0.15) is 5.60 Å². The number of ether oxygens (including phenoxy) is 1. The van der Waals surface area contributed by atoms with Gasteiger partial charge in [-0.05, 0) is 52.4 Å². The van der Waals surface area contributed by atoms with Crippen LogP contribution in [0, 0.1) is 5.41 Å². The number of aromatic nitrogens is 3. The predicted octanol–water partition coefficient (Wildman–Crippen LogP) is 3.45. The second-order valence-electron chi connectivity index (χ2n) is 10.1. The Balaban J connectivity index is 1.62. The van der Waals surface area contributed by atoms with Crippen molar-refractivity contribution in [1.29, 1.82) is 0 Å². The Morgan fingerprint density at radius 3 is 2.62 bits per heavy atom. The van der Waals surface area contributed by atoms with Crippen LogP contribution in [0.3, 0.4) is 0 Å². The number of carbonyl (C=O) groups excluding carboxylic acids is 1. The van der Waals surface area contributed by atoms with Crippen LogP contribution in [0.25, 0.3) is 10.9 Å². The maximum absolute atomic E-state index is 13.2. The van der Waals surface area contributed by atoms with Gasteiger partial charge in [-0.2, -0.15) is 0 Å². The summed E-state index contributed by atoms with van der Waals surface area (Å²) in [6.07, 6.45) is 8.69. The van der Waals surface area contributed by atoms with E-state index >= 15 is 0 Å². The van der Waals surface area contributed by atoms with Gasteiger partial charge in [0.25, 0.3) is 5.56 Å². The van der Waals surface area contributed by atoms with Crippen LogP contribution >= 0.6 is 11.8 Å². The number of carbonyl (C=O) groups is 1. The summed E-state index contributed by atoms with van der Waals surface area (Å²) in [5.41, 5.74) is -1.73. The third kappa shape index (κ3) is 4.24. The first kappa shape index (κ1) is 23.0. The molecule has 9 heteroatoms. The van der Waals surface area contributed by atoms with Crippen LogP contribution in [0.1, 0.15) is 52.9 Å². The Morgan fingerprint density at radius 1 is 1.25 bits per heavy atom. The van der Waals surface area contributed by atoms with E-state index in [2.05, 4.69) is 9.97 Å². The monoisotopic (exact) mass is 460 g/mol. The zero-order chi connectivity index (χ0) is 23.1. The topological polar surface area (TPSA) is 97.5 Å². The summed E-state index contributed by atoms with van der Waals surface area (Å²) in [6.45, 7) is 6.54. The molecule has 1 saturated carbocycles. The van der Waals surface area contributed by atoms with Gasteiger partial charge >= 0.3 is 6.09 Å². The van der Waals surface area contributed by atoms with Crippen LogP contribution in [0.15, 0.2) is 28.4 Å². The molecule has 1 spiro atoms. The number of fused-ring (bicyclic) bond motifs is 1. The molecule has 1 aliphatic heterocycles. The number of hydrogen-bond acceptors (Lipinski definition) is 7. The summed E-state index contributed by atoms with van der Waals surface area (Å²) < 4.78 is 7.09. The van der Waals surface area contributed by atoms with Gasteiger partial charge in [-0.3, -0.25) is 9.36 Å². The highest BCUT2D eigenvalue weighted by molar-refractivity contribution is 7.98. The van der Waals surface area contributed by atoms with Gasteiger partial charge in [-0.25, -0.2) is 14.8 Å².